The molecule has 0 aliphatic rings. The van der Waals surface area contributed by atoms with Crippen molar-refractivity contribution in [1.82, 2.24) is 0 Å². The van der Waals surface area contributed by atoms with E-state index < -0.39 is 0 Å². The number of hydrogen-bond donors (Lipinski definition) is 0. The predicted molar refractivity (Wildman–Crippen MR) is 64.2 cm³/mol. The first-order valence-corrected chi connectivity index (χ1v) is 6.29. The zero-order valence-electron chi connectivity index (χ0n) is 8.42. The number of hydrogen-bond acceptors (Lipinski definition) is 1. The fourth-order valence-corrected chi connectivity index (χ4v) is 1.65. The molecule has 0 N–H and O–H groups in total. The summed E-state index contributed by atoms with van der Waals surface area (Å²) in [4.78, 5) is 0. The topological polar surface area (TPSA) is 9.23 Å². The minimum atomic E-state index is 0.840. The summed E-state index contributed by atoms with van der Waals surface area (Å²) in [6.07, 6.45) is 4.98. The van der Waals surface area contributed by atoms with Crippen molar-refractivity contribution in [3.63, 3.8) is 0 Å². The molecule has 0 saturated heterocycles. The smallest absolute Gasteiger partial charge is 0.119 e. The van der Waals surface area contributed by atoms with E-state index in [0.29, 0.717) is 0 Å². The van der Waals surface area contributed by atoms with Gasteiger partial charge in [0.05, 0.1) is 6.61 Å². The second-order valence-electron chi connectivity index (χ2n) is 3.26. The van der Waals surface area contributed by atoms with E-state index in [0.717, 1.165) is 24.1 Å². The normalized spacial score (nSPS) is 10.1. The number of benzene rings is 1. The van der Waals surface area contributed by atoms with Crippen LogP contribution in [-0.4, -0.2) is 11.9 Å². The van der Waals surface area contributed by atoms with Crippen molar-refractivity contribution in [3.8, 4) is 5.75 Å². The molecule has 0 heterocycles. The molecule has 0 atom stereocenters. The zero-order valence-corrected chi connectivity index (χ0v) is 10.0. The molecule has 1 rings (SSSR count). The molecular formula is C12H17BrO. The van der Waals surface area contributed by atoms with Crippen LogP contribution in [0.3, 0.4) is 0 Å². The number of alkyl halides is 1. The Balaban J connectivity index is 1.99. The molecule has 0 amide bonds. The van der Waals surface area contributed by atoms with Crippen molar-refractivity contribution in [3.05, 3.63) is 30.3 Å². The highest BCUT2D eigenvalue weighted by molar-refractivity contribution is 9.09. The average Bonchev–Trinajstić information content (AvgIpc) is 2.25. The molecule has 0 spiro atoms. The zero-order chi connectivity index (χ0) is 10.1. The van der Waals surface area contributed by atoms with Gasteiger partial charge in [0.2, 0.25) is 0 Å². The summed E-state index contributed by atoms with van der Waals surface area (Å²) in [6.45, 7) is 0.840. The van der Waals surface area contributed by atoms with Gasteiger partial charge >= 0.3 is 0 Å². The highest BCUT2D eigenvalue weighted by atomic mass is 79.9. The van der Waals surface area contributed by atoms with Crippen LogP contribution in [0.15, 0.2) is 30.3 Å². The van der Waals surface area contributed by atoms with Gasteiger partial charge in [-0.15, -0.1) is 0 Å². The van der Waals surface area contributed by atoms with Gasteiger partial charge in [-0.3, -0.25) is 0 Å². The summed E-state index contributed by atoms with van der Waals surface area (Å²) in [6, 6.07) is 10.0. The largest absolute Gasteiger partial charge is 0.494 e. The van der Waals surface area contributed by atoms with Crippen LogP contribution in [0.5, 0.6) is 5.75 Å². The Morgan fingerprint density at radius 1 is 0.929 bits per heavy atom. The van der Waals surface area contributed by atoms with Crippen LogP contribution in [-0.2, 0) is 0 Å². The van der Waals surface area contributed by atoms with E-state index in [1.807, 2.05) is 30.3 Å². The molecule has 1 nitrogen and oxygen atoms in total. The maximum atomic E-state index is 5.57. The molecule has 0 saturated carbocycles. The van der Waals surface area contributed by atoms with Gasteiger partial charge in [-0.25, -0.2) is 0 Å². The maximum absolute atomic E-state index is 5.57. The number of para-hydroxylation sites is 1. The molecule has 0 aromatic heterocycles. The Kier molecular flexibility index (Phi) is 6.50. The van der Waals surface area contributed by atoms with Gasteiger partial charge in [0.15, 0.2) is 0 Å². The third kappa shape index (κ3) is 5.28. The molecule has 14 heavy (non-hydrogen) atoms. The van der Waals surface area contributed by atoms with Gasteiger partial charge in [0.25, 0.3) is 0 Å². The Morgan fingerprint density at radius 3 is 2.36 bits per heavy atom. The summed E-state index contributed by atoms with van der Waals surface area (Å²) in [7, 11) is 0. The standard InChI is InChI=1S/C12H17BrO/c13-10-6-1-2-7-11-14-12-8-4-3-5-9-12/h3-5,8-9H,1-2,6-7,10-11H2. The number of unbranched alkanes of at least 4 members (excludes halogenated alkanes) is 3. The fraction of sp³-hybridized carbons (Fsp3) is 0.500. The number of halogens is 1. The molecule has 78 valence electrons. The lowest BCUT2D eigenvalue weighted by Gasteiger charge is -2.04. The summed E-state index contributed by atoms with van der Waals surface area (Å²) in [5, 5.41) is 1.12. The SMILES string of the molecule is BrCCCCCCOc1ccccc1. The van der Waals surface area contributed by atoms with Crippen LogP contribution in [0.1, 0.15) is 25.7 Å². The van der Waals surface area contributed by atoms with E-state index >= 15 is 0 Å². The van der Waals surface area contributed by atoms with E-state index in [2.05, 4.69) is 15.9 Å². The summed E-state index contributed by atoms with van der Waals surface area (Å²) in [5.41, 5.74) is 0. The minimum Gasteiger partial charge on any atom is -0.494 e. The lowest BCUT2D eigenvalue weighted by molar-refractivity contribution is 0.305. The molecule has 1 aromatic carbocycles. The first-order chi connectivity index (χ1) is 6.93. The monoisotopic (exact) mass is 256 g/mol. The predicted octanol–water partition coefficient (Wildman–Crippen LogP) is 4.02. The van der Waals surface area contributed by atoms with Gasteiger partial charge in [-0.2, -0.15) is 0 Å². The Morgan fingerprint density at radius 2 is 1.64 bits per heavy atom. The molecule has 0 aliphatic heterocycles. The van der Waals surface area contributed by atoms with Gasteiger partial charge in [-0.1, -0.05) is 47.0 Å². The van der Waals surface area contributed by atoms with E-state index in [1.54, 1.807) is 0 Å². The lowest BCUT2D eigenvalue weighted by atomic mass is 10.2. The Labute approximate surface area is 94.6 Å². The third-order valence-electron chi connectivity index (χ3n) is 2.04. The van der Waals surface area contributed by atoms with E-state index in [4.69, 9.17) is 4.74 Å². The highest BCUT2D eigenvalue weighted by Gasteiger charge is 1.92. The van der Waals surface area contributed by atoms with Gasteiger partial charge in [0, 0.05) is 5.33 Å². The molecule has 0 aliphatic carbocycles. The van der Waals surface area contributed by atoms with Crippen molar-refractivity contribution in [2.45, 2.75) is 25.7 Å². The number of rotatable bonds is 7. The highest BCUT2D eigenvalue weighted by Crippen LogP contribution is 2.09. The Hall–Kier alpha value is -0.500. The third-order valence-corrected chi connectivity index (χ3v) is 2.60. The van der Waals surface area contributed by atoms with E-state index in [1.165, 1.54) is 19.3 Å². The van der Waals surface area contributed by atoms with Gasteiger partial charge in [-0.05, 0) is 25.0 Å². The van der Waals surface area contributed by atoms with Gasteiger partial charge < -0.3 is 4.74 Å². The molecule has 2 heteroatoms. The van der Waals surface area contributed by atoms with E-state index in [-0.39, 0.29) is 0 Å². The fourth-order valence-electron chi connectivity index (χ4n) is 1.26. The van der Waals surface area contributed by atoms with Crippen LogP contribution in [0.25, 0.3) is 0 Å². The lowest BCUT2D eigenvalue weighted by Crippen LogP contribution is -1.96. The first-order valence-electron chi connectivity index (χ1n) is 5.17. The molecule has 0 bridgehead atoms. The molecule has 0 fully saturated rings. The number of ether oxygens (including phenoxy) is 1. The van der Waals surface area contributed by atoms with Crippen LogP contribution in [0.4, 0.5) is 0 Å². The van der Waals surface area contributed by atoms with Crippen molar-refractivity contribution in [2.75, 3.05) is 11.9 Å². The average molecular weight is 257 g/mol. The van der Waals surface area contributed by atoms with Gasteiger partial charge in [0.1, 0.15) is 5.75 Å². The Bertz CT molecular complexity index is 223. The van der Waals surface area contributed by atoms with Crippen LogP contribution in [0.2, 0.25) is 0 Å². The summed E-state index contributed by atoms with van der Waals surface area (Å²) < 4.78 is 5.57. The first kappa shape index (κ1) is 11.6. The van der Waals surface area contributed by atoms with Crippen molar-refractivity contribution in [1.29, 1.82) is 0 Å². The van der Waals surface area contributed by atoms with Crippen molar-refractivity contribution in [2.24, 2.45) is 0 Å². The second-order valence-corrected chi connectivity index (χ2v) is 4.06. The molecule has 0 unspecified atom stereocenters. The van der Waals surface area contributed by atoms with Crippen molar-refractivity contribution < 1.29 is 4.74 Å². The molecule has 1 aromatic rings. The van der Waals surface area contributed by atoms with Crippen LogP contribution in [0, 0.1) is 0 Å². The van der Waals surface area contributed by atoms with E-state index in [9.17, 15) is 0 Å². The quantitative estimate of drug-likeness (QED) is 0.529. The summed E-state index contributed by atoms with van der Waals surface area (Å²) in [5.74, 6) is 0.980. The minimum absolute atomic E-state index is 0.840. The molecular weight excluding hydrogens is 240 g/mol. The molecule has 0 radical (unpaired) electrons. The summed E-state index contributed by atoms with van der Waals surface area (Å²) >= 11 is 3.42. The van der Waals surface area contributed by atoms with Crippen LogP contribution < -0.4 is 4.74 Å². The second kappa shape index (κ2) is 7.86. The maximum Gasteiger partial charge on any atom is 0.119 e. The van der Waals surface area contributed by atoms with Crippen LogP contribution >= 0.6 is 15.9 Å². The van der Waals surface area contributed by atoms with Crippen molar-refractivity contribution >= 4 is 15.9 Å².